The van der Waals surface area contributed by atoms with Crippen LogP contribution in [0.15, 0.2) is 54.6 Å². The molecule has 3 N–H and O–H groups in total. The Labute approximate surface area is 186 Å². The first kappa shape index (κ1) is 22.0. The van der Waals surface area contributed by atoms with Crippen molar-refractivity contribution in [2.45, 2.75) is 4.75 Å². The summed E-state index contributed by atoms with van der Waals surface area (Å²) in [5.74, 6) is -0.847. The number of phenolic OH excluding ortho intramolecular Hbond substituents is 2. The van der Waals surface area contributed by atoms with Gasteiger partial charge in [0, 0.05) is 16.1 Å². The Kier molecular flexibility index (Phi) is 5.98. The van der Waals surface area contributed by atoms with Crippen LogP contribution in [0, 0.1) is 0 Å². The number of hydrogen-bond donors (Lipinski definition) is 3. The van der Waals surface area contributed by atoms with Crippen LogP contribution in [0.5, 0.6) is 11.5 Å². The van der Waals surface area contributed by atoms with Crippen LogP contribution in [0.25, 0.3) is 0 Å². The Balaban J connectivity index is 2.62. The van der Waals surface area contributed by atoms with Gasteiger partial charge in [-0.2, -0.15) is 8.42 Å². The van der Waals surface area contributed by atoms with Crippen LogP contribution in [0.4, 0.5) is 0 Å². The molecule has 3 rings (SSSR count). The molecule has 0 saturated carbocycles. The summed E-state index contributed by atoms with van der Waals surface area (Å²) in [4.78, 5) is 0. The molecule has 0 spiro atoms. The zero-order chi connectivity index (χ0) is 21.6. The Morgan fingerprint density at radius 3 is 1.90 bits per heavy atom. The highest BCUT2D eigenvalue weighted by Gasteiger charge is 2.51. The third-order valence-electron chi connectivity index (χ3n) is 4.43. The lowest BCUT2D eigenvalue weighted by Gasteiger charge is -2.34. The van der Waals surface area contributed by atoms with Crippen molar-refractivity contribution < 1.29 is 23.2 Å². The summed E-state index contributed by atoms with van der Waals surface area (Å²) >= 11 is 24.5. The lowest BCUT2D eigenvalue weighted by molar-refractivity contribution is 0.440. The summed E-state index contributed by atoms with van der Waals surface area (Å²) in [5.41, 5.74) is -0.464. The van der Waals surface area contributed by atoms with Gasteiger partial charge in [-0.1, -0.05) is 76.7 Å². The molecule has 152 valence electrons. The smallest absolute Gasteiger partial charge is 0.283 e. The number of benzene rings is 3. The molecule has 0 aromatic heterocycles. The molecule has 0 aliphatic heterocycles. The number of halogens is 4. The van der Waals surface area contributed by atoms with Crippen molar-refractivity contribution in [2.75, 3.05) is 0 Å². The zero-order valence-electron chi connectivity index (χ0n) is 14.3. The molecule has 0 radical (unpaired) electrons. The van der Waals surface area contributed by atoms with Crippen molar-refractivity contribution in [3.63, 3.8) is 0 Å². The second kappa shape index (κ2) is 7.87. The van der Waals surface area contributed by atoms with Crippen LogP contribution in [0.3, 0.4) is 0 Å². The van der Waals surface area contributed by atoms with E-state index in [0.717, 1.165) is 6.07 Å². The molecule has 0 aliphatic rings. The quantitative estimate of drug-likeness (QED) is 0.239. The Bertz CT molecular complexity index is 1200. The van der Waals surface area contributed by atoms with E-state index in [9.17, 15) is 23.2 Å². The van der Waals surface area contributed by atoms with E-state index >= 15 is 0 Å². The topological polar surface area (TPSA) is 94.8 Å². The van der Waals surface area contributed by atoms with E-state index in [1.54, 1.807) is 6.07 Å². The molecule has 0 amide bonds. The van der Waals surface area contributed by atoms with Gasteiger partial charge in [0.05, 0.1) is 10.0 Å². The van der Waals surface area contributed by atoms with E-state index in [1.165, 1.54) is 42.5 Å². The molecule has 10 heteroatoms. The third kappa shape index (κ3) is 3.54. The fraction of sp³-hybridized carbons (Fsp3) is 0.0526. The first-order chi connectivity index (χ1) is 13.5. The van der Waals surface area contributed by atoms with Crippen LogP contribution in [0.2, 0.25) is 20.1 Å². The molecule has 0 bridgehead atoms. The molecular weight excluding hydrogens is 482 g/mol. The van der Waals surface area contributed by atoms with Gasteiger partial charge in [0.15, 0.2) is 4.75 Å². The minimum Gasteiger partial charge on any atom is -0.508 e. The Morgan fingerprint density at radius 2 is 1.34 bits per heavy atom. The second-order valence-corrected chi connectivity index (χ2v) is 9.20. The lowest BCUT2D eigenvalue weighted by Crippen LogP contribution is -2.38. The molecule has 1 atom stereocenters. The fourth-order valence-corrected chi connectivity index (χ4v) is 5.44. The van der Waals surface area contributed by atoms with Crippen molar-refractivity contribution in [3.05, 3.63) is 91.4 Å². The van der Waals surface area contributed by atoms with Gasteiger partial charge in [-0.25, -0.2) is 0 Å². The molecule has 0 aliphatic carbocycles. The normalized spacial score (nSPS) is 13.8. The molecule has 1 unspecified atom stereocenters. The van der Waals surface area contributed by atoms with Gasteiger partial charge in [-0.15, -0.1) is 0 Å². The first-order valence-electron chi connectivity index (χ1n) is 7.90. The molecule has 0 fully saturated rings. The van der Waals surface area contributed by atoms with Crippen LogP contribution < -0.4 is 0 Å². The number of rotatable bonds is 4. The summed E-state index contributed by atoms with van der Waals surface area (Å²) in [5, 5.41) is 19.6. The molecule has 0 heterocycles. The van der Waals surface area contributed by atoms with Gasteiger partial charge < -0.3 is 10.2 Å². The number of aromatic hydroxyl groups is 2. The predicted molar refractivity (Wildman–Crippen MR) is 114 cm³/mol. The van der Waals surface area contributed by atoms with Gasteiger partial charge in [-0.3, -0.25) is 4.55 Å². The molecule has 3 aromatic rings. The molecule has 0 saturated heterocycles. The van der Waals surface area contributed by atoms with Crippen molar-refractivity contribution in [2.24, 2.45) is 0 Å². The SMILES string of the molecule is O=S(=O)(O)C(c1ccc(O)cc1)(c1ccccc1Cl)c1cc(Cl)c(Cl)c(Cl)c1O. The minimum atomic E-state index is -5.08. The fourth-order valence-electron chi connectivity index (χ4n) is 3.18. The summed E-state index contributed by atoms with van der Waals surface area (Å²) in [7, 11) is -5.08. The Morgan fingerprint density at radius 1 is 0.759 bits per heavy atom. The van der Waals surface area contributed by atoms with E-state index < -0.39 is 25.6 Å². The van der Waals surface area contributed by atoms with E-state index in [2.05, 4.69) is 0 Å². The largest absolute Gasteiger partial charge is 0.508 e. The average Bonchev–Trinajstić information content (AvgIpc) is 2.66. The summed E-state index contributed by atoms with van der Waals surface area (Å²) in [6, 6.07) is 12.0. The van der Waals surface area contributed by atoms with Crippen molar-refractivity contribution in [1.82, 2.24) is 0 Å². The standard InChI is InChI=1S/C19H12Cl4O5S/c20-14-4-2-1-3-12(14)19(29(26,27)28,10-5-7-11(24)8-6-10)13-9-15(21)16(22)17(23)18(13)25/h1-9,24-25H,(H,26,27,28). The van der Waals surface area contributed by atoms with Gasteiger partial charge in [0.2, 0.25) is 0 Å². The summed E-state index contributed by atoms with van der Waals surface area (Å²) < 4.78 is 34.0. The third-order valence-corrected chi connectivity index (χ3v) is 7.46. The van der Waals surface area contributed by atoms with E-state index in [4.69, 9.17) is 46.4 Å². The maximum absolute atomic E-state index is 13.0. The van der Waals surface area contributed by atoms with Crippen molar-refractivity contribution in [3.8, 4) is 11.5 Å². The minimum absolute atomic E-state index is 0.0141. The maximum atomic E-state index is 13.0. The van der Waals surface area contributed by atoms with Crippen LogP contribution in [-0.2, 0) is 14.9 Å². The summed E-state index contributed by atoms with van der Waals surface area (Å²) in [6.07, 6.45) is 0. The Hall–Kier alpha value is -1.67. The van der Waals surface area contributed by atoms with E-state index in [1.807, 2.05) is 0 Å². The van der Waals surface area contributed by atoms with Crippen LogP contribution in [0.1, 0.15) is 16.7 Å². The average molecular weight is 494 g/mol. The number of phenols is 2. The highest BCUT2D eigenvalue weighted by atomic mass is 35.5. The van der Waals surface area contributed by atoms with E-state index in [0.29, 0.717) is 0 Å². The van der Waals surface area contributed by atoms with Gasteiger partial charge in [0.1, 0.15) is 16.5 Å². The molecule has 3 aromatic carbocycles. The van der Waals surface area contributed by atoms with Gasteiger partial charge in [0.25, 0.3) is 10.1 Å². The lowest BCUT2D eigenvalue weighted by atomic mass is 9.83. The molecular formula is C19H12Cl4O5S. The molecule has 29 heavy (non-hydrogen) atoms. The van der Waals surface area contributed by atoms with E-state index in [-0.39, 0.29) is 37.5 Å². The second-order valence-electron chi connectivity index (χ2n) is 6.07. The zero-order valence-corrected chi connectivity index (χ0v) is 18.1. The van der Waals surface area contributed by atoms with Crippen molar-refractivity contribution in [1.29, 1.82) is 0 Å². The van der Waals surface area contributed by atoms with Gasteiger partial charge >= 0.3 is 0 Å². The van der Waals surface area contributed by atoms with Crippen LogP contribution in [-0.4, -0.2) is 23.2 Å². The highest BCUT2D eigenvalue weighted by molar-refractivity contribution is 7.87. The van der Waals surface area contributed by atoms with Crippen LogP contribution >= 0.6 is 46.4 Å². The monoisotopic (exact) mass is 492 g/mol. The summed E-state index contributed by atoms with van der Waals surface area (Å²) in [6.45, 7) is 0. The van der Waals surface area contributed by atoms with Crippen molar-refractivity contribution >= 4 is 56.5 Å². The maximum Gasteiger partial charge on any atom is 0.283 e. The highest BCUT2D eigenvalue weighted by Crippen LogP contribution is 2.53. The number of hydrogen-bond acceptors (Lipinski definition) is 4. The predicted octanol–water partition coefficient (Wildman–Crippen LogP) is 5.89. The van der Waals surface area contributed by atoms with Gasteiger partial charge in [-0.05, 0) is 29.8 Å². The first-order valence-corrected chi connectivity index (χ1v) is 10.9. The molecule has 5 nitrogen and oxygen atoms in total.